The van der Waals surface area contributed by atoms with Crippen LogP contribution < -0.4 is 10.6 Å². The number of aromatic nitrogens is 2. The molecule has 0 aliphatic heterocycles. The topological polar surface area (TPSA) is 79.2 Å². The Labute approximate surface area is 148 Å². The average Bonchev–Trinajstić information content (AvgIpc) is 3.02. The minimum absolute atomic E-state index is 0.0162. The molecule has 0 bridgehead atoms. The van der Waals surface area contributed by atoms with Crippen LogP contribution in [0, 0.1) is 0 Å². The molecule has 3 rings (SSSR count). The summed E-state index contributed by atoms with van der Waals surface area (Å²) in [4.78, 5) is 12.5. The first-order valence-corrected chi connectivity index (χ1v) is 8.66. The van der Waals surface area contributed by atoms with Crippen LogP contribution in [0.2, 0.25) is 0 Å². The second-order valence-electron chi connectivity index (χ2n) is 7.36. The molecule has 0 spiro atoms. The summed E-state index contributed by atoms with van der Waals surface area (Å²) in [7, 11) is 1.80. The van der Waals surface area contributed by atoms with Gasteiger partial charge in [-0.1, -0.05) is 38.1 Å². The second kappa shape index (κ2) is 6.88. The van der Waals surface area contributed by atoms with Crippen molar-refractivity contribution in [2.45, 2.75) is 44.2 Å². The van der Waals surface area contributed by atoms with E-state index >= 15 is 0 Å². The van der Waals surface area contributed by atoms with Crippen LogP contribution in [0.4, 0.5) is 4.79 Å². The Morgan fingerprint density at radius 2 is 2.20 bits per heavy atom. The zero-order valence-electron chi connectivity index (χ0n) is 15.0. The number of fused-ring (bicyclic) bond motifs is 1. The summed E-state index contributed by atoms with van der Waals surface area (Å²) >= 11 is 0. The molecule has 0 unspecified atom stereocenters. The molecule has 134 valence electrons. The number of aliphatic hydroxyl groups is 1. The predicted octanol–water partition coefficient (Wildman–Crippen LogP) is 2.57. The first-order chi connectivity index (χ1) is 11.9. The molecule has 0 saturated carbocycles. The zero-order chi connectivity index (χ0) is 18.0. The Morgan fingerprint density at radius 3 is 2.88 bits per heavy atom. The molecule has 0 radical (unpaired) electrons. The number of amides is 2. The maximum Gasteiger partial charge on any atom is 0.315 e. The van der Waals surface area contributed by atoms with Gasteiger partial charge in [0.2, 0.25) is 0 Å². The van der Waals surface area contributed by atoms with Crippen LogP contribution in [0.25, 0.3) is 0 Å². The van der Waals surface area contributed by atoms with Crippen molar-refractivity contribution >= 4 is 6.03 Å². The van der Waals surface area contributed by atoms with Crippen LogP contribution in [-0.2, 0) is 12.5 Å². The lowest BCUT2D eigenvalue weighted by atomic mass is 9.71. The quantitative estimate of drug-likeness (QED) is 0.799. The summed E-state index contributed by atoms with van der Waals surface area (Å²) in [6.07, 6.45) is 5.36. The van der Waals surface area contributed by atoms with E-state index in [1.807, 2.05) is 12.1 Å². The van der Waals surface area contributed by atoms with Gasteiger partial charge in [0.15, 0.2) is 0 Å². The number of nitrogens with one attached hydrogen (secondary N) is 2. The van der Waals surface area contributed by atoms with Gasteiger partial charge in [-0.3, -0.25) is 4.68 Å². The van der Waals surface area contributed by atoms with Gasteiger partial charge in [-0.2, -0.15) is 5.10 Å². The summed E-state index contributed by atoms with van der Waals surface area (Å²) in [6, 6.07) is 7.54. The van der Waals surface area contributed by atoms with Crippen molar-refractivity contribution in [2.75, 3.05) is 6.61 Å². The Kier molecular flexibility index (Phi) is 4.81. The third-order valence-corrected chi connectivity index (χ3v) is 5.04. The summed E-state index contributed by atoms with van der Waals surface area (Å²) in [6.45, 7) is 4.31. The van der Waals surface area contributed by atoms with Crippen molar-refractivity contribution in [1.29, 1.82) is 0 Å². The molecular formula is C19H26N4O2. The number of carbonyl (C=O) groups excluding carboxylic acids is 1. The Balaban J connectivity index is 1.71. The molecule has 3 N–H and O–H groups in total. The molecule has 1 aliphatic rings. The first-order valence-electron chi connectivity index (χ1n) is 8.66. The van der Waals surface area contributed by atoms with Gasteiger partial charge >= 0.3 is 6.03 Å². The predicted molar refractivity (Wildman–Crippen MR) is 96.1 cm³/mol. The van der Waals surface area contributed by atoms with Gasteiger partial charge in [-0.05, 0) is 29.4 Å². The fraction of sp³-hybridized carbons (Fsp3) is 0.474. The van der Waals surface area contributed by atoms with Crippen LogP contribution in [0.15, 0.2) is 36.7 Å². The van der Waals surface area contributed by atoms with Crippen LogP contribution in [0.1, 0.15) is 55.5 Å². The molecule has 0 saturated heterocycles. The Bertz CT molecular complexity index is 753. The summed E-state index contributed by atoms with van der Waals surface area (Å²) < 4.78 is 1.65. The average molecular weight is 342 g/mol. The minimum atomic E-state index is -0.469. The number of hydrogen-bond donors (Lipinski definition) is 3. The molecule has 1 aliphatic carbocycles. The summed E-state index contributed by atoms with van der Waals surface area (Å²) in [5.41, 5.74) is 3.37. The molecule has 2 atom stereocenters. The van der Waals surface area contributed by atoms with Crippen molar-refractivity contribution in [3.8, 4) is 0 Å². The standard InChI is InChI=1S/C19H26N4O2/c1-19(2)9-8-16(14-6-4-5-7-15(14)19)21-18(25)22-17(12-24)13-10-20-23(3)11-13/h4-7,10-11,16-17,24H,8-9,12H2,1-3H3,(H2,21,22,25)/t16-,17+/m1/s1. The molecule has 0 fully saturated rings. The number of rotatable bonds is 4. The van der Waals surface area contributed by atoms with Gasteiger partial charge in [0.25, 0.3) is 0 Å². The smallest absolute Gasteiger partial charge is 0.315 e. The maximum absolute atomic E-state index is 12.5. The van der Waals surface area contributed by atoms with Crippen molar-refractivity contribution in [3.63, 3.8) is 0 Å². The molecule has 6 heteroatoms. The SMILES string of the molecule is Cn1cc([C@H](CO)NC(=O)N[C@@H]2CCC(C)(C)c3ccccc32)cn1. The lowest BCUT2D eigenvalue weighted by Crippen LogP contribution is -2.43. The van der Waals surface area contributed by atoms with E-state index in [2.05, 4.69) is 41.7 Å². The fourth-order valence-electron chi connectivity index (χ4n) is 3.58. The van der Waals surface area contributed by atoms with Gasteiger partial charge in [0.1, 0.15) is 0 Å². The van der Waals surface area contributed by atoms with Crippen LogP contribution in [0.5, 0.6) is 0 Å². The number of aliphatic hydroxyl groups excluding tert-OH is 1. The van der Waals surface area contributed by atoms with Crippen LogP contribution >= 0.6 is 0 Å². The van der Waals surface area contributed by atoms with Gasteiger partial charge in [-0.25, -0.2) is 4.79 Å². The number of aryl methyl sites for hydroxylation is 1. The lowest BCUT2D eigenvalue weighted by Gasteiger charge is -2.37. The normalized spacial score (nSPS) is 19.8. The highest BCUT2D eigenvalue weighted by Gasteiger charge is 2.33. The van der Waals surface area contributed by atoms with E-state index < -0.39 is 6.04 Å². The van der Waals surface area contributed by atoms with Crippen LogP contribution in [-0.4, -0.2) is 27.5 Å². The third-order valence-electron chi connectivity index (χ3n) is 5.04. The maximum atomic E-state index is 12.5. The fourth-order valence-corrected chi connectivity index (χ4v) is 3.58. The van der Waals surface area contributed by atoms with Crippen LogP contribution in [0.3, 0.4) is 0 Å². The molecular weight excluding hydrogens is 316 g/mol. The van der Waals surface area contributed by atoms with Crippen molar-refractivity contribution in [3.05, 3.63) is 53.3 Å². The van der Waals surface area contributed by atoms with Gasteiger partial charge < -0.3 is 15.7 Å². The van der Waals surface area contributed by atoms with E-state index in [4.69, 9.17) is 0 Å². The molecule has 1 heterocycles. The second-order valence-corrected chi connectivity index (χ2v) is 7.36. The van der Waals surface area contributed by atoms with Crippen molar-refractivity contribution in [2.24, 2.45) is 7.05 Å². The molecule has 6 nitrogen and oxygen atoms in total. The van der Waals surface area contributed by atoms with Gasteiger partial charge in [-0.15, -0.1) is 0 Å². The molecule has 1 aromatic carbocycles. The number of benzene rings is 1. The summed E-state index contributed by atoms with van der Waals surface area (Å²) in [5, 5.41) is 19.6. The molecule has 1 aromatic heterocycles. The van der Waals surface area contributed by atoms with Gasteiger partial charge in [0.05, 0.1) is 24.9 Å². The number of nitrogens with zero attached hydrogens (tertiary/aromatic N) is 2. The van der Waals surface area contributed by atoms with Crippen molar-refractivity contribution < 1.29 is 9.90 Å². The van der Waals surface area contributed by atoms with E-state index in [1.165, 1.54) is 11.1 Å². The monoisotopic (exact) mass is 342 g/mol. The van der Waals surface area contributed by atoms with E-state index in [9.17, 15) is 9.90 Å². The number of carbonyl (C=O) groups is 1. The summed E-state index contributed by atoms with van der Waals surface area (Å²) in [5.74, 6) is 0. The number of hydrogen-bond acceptors (Lipinski definition) is 3. The van der Waals surface area contributed by atoms with E-state index in [0.717, 1.165) is 18.4 Å². The minimum Gasteiger partial charge on any atom is -0.394 e. The first kappa shape index (κ1) is 17.5. The van der Waals surface area contributed by atoms with E-state index in [0.29, 0.717) is 0 Å². The molecule has 25 heavy (non-hydrogen) atoms. The zero-order valence-corrected chi connectivity index (χ0v) is 15.0. The third kappa shape index (κ3) is 3.69. The van der Waals surface area contributed by atoms with Gasteiger partial charge in [0, 0.05) is 18.8 Å². The highest BCUT2D eigenvalue weighted by molar-refractivity contribution is 5.75. The van der Waals surface area contributed by atoms with E-state index in [1.54, 1.807) is 24.1 Å². The molecule has 2 amide bonds. The van der Waals surface area contributed by atoms with Crippen molar-refractivity contribution in [1.82, 2.24) is 20.4 Å². The Morgan fingerprint density at radius 1 is 1.44 bits per heavy atom. The Hall–Kier alpha value is -2.34. The highest BCUT2D eigenvalue weighted by atomic mass is 16.3. The molecule has 2 aromatic rings. The number of urea groups is 1. The largest absolute Gasteiger partial charge is 0.394 e. The highest BCUT2D eigenvalue weighted by Crippen LogP contribution is 2.41. The lowest BCUT2D eigenvalue weighted by molar-refractivity contribution is 0.211. The van der Waals surface area contributed by atoms with E-state index in [-0.39, 0.29) is 24.1 Å².